The number of benzene rings is 1. The molecule has 0 aliphatic carbocycles. The maximum Gasteiger partial charge on any atom is 0.317 e. The third-order valence-electron chi connectivity index (χ3n) is 1.97. The minimum absolute atomic E-state index is 0.0643. The van der Waals surface area contributed by atoms with Crippen LogP contribution in [0.2, 0.25) is 0 Å². The molecule has 0 saturated heterocycles. The summed E-state index contributed by atoms with van der Waals surface area (Å²) in [5.74, 6) is 0. The summed E-state index contributed by atoms with van der Waals surface area (Å²) in [5.41, 5.74) is 2.35. The smallest absolute Gasteiger partial charge is 0.317 e. The van der Waals surface area contributed by atoms with Crippen molar-refractivity contribution in [1.29, 1.82) is 0 Å². The lowest BCUT2D eigenvalue weighted by Gasteiger charge is -2.11. The van der Waals surface area contributed by atoms with Crippen LogP contribution in [0.5, 0.6) is 0 Å². The number of rotatable bonds is 2. The average Bonchev–Trinajstić information content (AvgIpc) is 2.16. The van der Waals surface area contributed by atoms with Gasteiger partial charge in [-0.15, -0.1) is 0 Å². The SMILES string of the molecule is Cc1ccc(CNC(=O)N(C)C)cc1. The van der Waals surface area contributed by atoms with Crippen molar-refractivity contribution in [2.45, 2.75) is 13.5 Å². The third kappa shape index (κ3) is 3.09. The summed E-state index contributed by atoms with van der Waals surface area (Å²) in [4.78, 5) is 12.7. The number of aryl methyl sites for hydroxylation is 1. The van der Waals surface area contributed by atoms with Crippen molar-refractivity contribution in [3.05, 3.63) is 35.4 Å². The van der Waals surface area contributed by atoms with Crippen molar-refractivity contribution in [3.63, 3.8) is 0 Å². The first-order valence-corrected chi connectivity index (χ1v) is 4.60. The molecule has 0 radical (unpaired) electrons. The van der Waals surface area contributed by atoms with Crippen LogP contribution in [-0.2, 0) is 6.54 Å². The van der Waals surface area contributed by atoms with Gasteiger partial charge in [0.1, 0.15) is 0 Å². The molecular formula is C11H16N2O. The Morgan fingerprint density at radius 2 is 1.86 bits per heavy atom. The highest BCUT2D eigenvalue weighted by Crippen LogP contribution is 2.02. The fourth-order valence-electron chi connectivity index (χ4n) is 1.04. The molecule has 0 atom stereocenters. The Morgan fingerprint density at radius 3 is 2.36 bits per heavy atom. The molecule has 1 rings (SSSR count). The van der Waals surface area contributed by atoms with Crippen molar-refractivity contribution in [3.8, 4) is 0 Å². The van der Waals surface area contributed by atoms with Gasteiger partial charge in [0.2, 0.25) is 0 Å². The van der Waals surface area contributed by atoms with Crippen LogP contribution in [0, 0.1) is 6.92 Å². The van der Waals surface area contributed by atoms with Crippen LogP contribution < -0.4 is 5.32 Å². The first-order valence-electron chi connectivity index (χ1n) is 4.60. The van der Waals surface area contributed by atoms with E-state index in [1.54, 1.807) is 14.1 Å². The van der Waals surface area contributed by atoms with Crippen LogP contribution in [0.3, 0.4) is 0 Å². The molecule has 3 heteroatoms. The molecule has 0 spiro atoms. The summed E-state index contributed by atoms with van der Waals surface area (Å²) in [6, 6.07) is 8.05. The minimum atomic E-state index is -0.0643. The van der Waals surface area contributed by atoms with Crippen LogP contribution >= 0.6 is 0 Å². The van der Waals surface area contributed by atoms with Crippen molar-refractivity contribution in [2.24, 2.45) is 0 Å². The molecule has 1 aromatic rings. The van der Waals surface area contributed by atoms with E-state index in [4.69, 9.17) is 0 Å². The maximum atomic E-state index is 11.2. The Hall–Kier alpha value is -1.51. The second-order valence-electron chi connectivity index (χ2n) is 3.54. The highest BCUT2D eigenvalue weighted by Gasteiger charge is 2.01. The fraction of sp³-hybridized carbons (Fsp3) is 0.364. The summed E-state index contributed by atoms with van der Waals surface area (Å²) in [6.45, 7) is 2.62. The van der Waals surface area contributed by atoms with E-state index in [9.17, 15) is 4.79 Å². The zero-order valence-electron chi connectivity index (χ0n) is 8.87. The fourth-order valence-corrected chi connectivity index (χ4v) is 1.04. The number of carbonyl (C=O) groups excluding carboxylic acids is 1. The third-order valence-corrected chi connectivity index (χ3v) is 1.97. The number of urea groups is 1. The summed E-state index contributed by atoms with van der Waals surface area (Å²) in [6.07, 6.45) is 0. The molecule has 0 saturated carbocycles. The Balaban J connectivity index is 2.46. The van der Waals surface area contributed by atoms with E-state index in [0.29, 0.717) is 6.54 Å². The zero-order valence-corrected chi connectivity index (χ0v) is 8.87. The molecule has 0 aliphatic heterocycles. The molecule has 0 fully saturated rings. The van der Waals surface area contributed by atoms with Gasteiger partial charge in [0.25, 0.3) is 0 Å². The van der Waals surface area contributed by atoms with E-state index in [2.05, 4.69) is 5.32 Å². The number of nitrogens with zero attached hydrogens (tertiary/aromatic N) is 1. The number of amides is 2. The predicted octanol–water partition coefficient (Wildman–Crippen LogP) is 1.77. The van der Waals surface area contributed by atoms with Gasteiger partial charge >= 0.3 is 6.03 Å². The van der Waals surface area contributed by atoms with Gasteiger partial charge in [-0.2, -0.15) is 0 Å². The van der Waals surface area contributed by atoms with Gasteiger partial charge < -0.3 is 10.2 Å². The van der Waals surface area contributed by atoms with Crippen LogP contribution in [0.1, 0.15) is 11.1 Å². The average molecular weight is 192 g/mol. The molecule has 0 unspecified atom stereocenters. The highest BCUT2D eigenvalue weighted by atomic mass is 16.2. The first-order chi connectivity index (χ1) is 6.59. The van der Waals surface area contributed by atoms with Gasteiger partial charge in [0.15, 0.2) is 0 Å². The second kappa shape index (κ2) is 4.65. The lowest BCUT2D eigenvalue weighted by molar-refractivity contribution is 0.217. The van der Waals surface area contributed by atoms with Crippen molar-refractivity contribution < 1.29 is 4.79 Å². The van der Waals surface area contributed by atoms with E-state index in [1.165, 1.54) is 10.5 Å². The standard InChI is InChI=1S/C11H16N2O/c1-9-4-6-10(7-5-9)8-12-11(14)13(2)3/h4-7H,8H2,1-3H3,(H,12,14). The quantitative estimate of drug-likeness (QED) is 0.761. The van der Waals surface area contributed by atoms with E-state index >= 15 is 0 Å². The Morgan fingerprint density at radius 1 is 1.29 bits per heavy atom. The molecule has 0 aromatic heterocycles. The van der Waals surface area contributed by atoms with Crippen molar-refractivity contribution >= 4 is 6.03 Å². The molecule has 1 aromatic carbocycles. The lowest BCUT2D eigenvalue weighted by Crippen LogP contribution is -2.33. The molecule has 0 bridgehead atoms. The van der Waals surface area contributed by atoms with Crippen LogP contribution in [0.4, 0.5) is 4.79 Å². The molecular weight excluding hydrogens is 176 g/mol. The number of hydrogen-bond donors (Lipinski definition) is 1. The van der Waals surface area contributed by atoms with E-state index < -0.39 is 0 Å². The summed E-state index contributed by atoms with van der Waals surface area (Å²) >= 11 is 0. The molecule has 76 valence electrons. The van der Waals surface area contributed by atoms with Gasteiger partial charge in [-0.25, -0.2) is 4.79 Å². The minimum Gasteiger partial charge on any atom is -0.334 e. The number of carbonyl (C=O) groups is 1. The van der Waals surface area contributed by atoms with Gasteiger partial charge in [-0.1, -0.05) is 29.8 Å². The van der Waals surface area contributed by atoms with Crippen LogP contribution in [0.15, 0.2) is 24.3 Å². The highest BCUT2D eigenvalue weighted by molar-refractivity contribution is 5.73. The monoisotopic (exact) mass is 192 g/mol. The molecule has 2 amide bonds. The van der Waals surface area contributed by atoms with Gasteiger partial charge in [-0.05, 0) is 12.5 Å². The molecule has 1 N–H and O–H groups in total. The number of nitrogens with one attached hydrogen (secondary N) is 1. The van der Waals surface area contributed by atoms with Crippen LogP contribution in [0.25, 0.3) is 0 Å². The Kier molecular flexibility index (Phi) is 3.51. The summed E-state index contributed by atoms with van der Waals surface area (Å²) in [7, 11) is 3.45. The van der Waals surface area contributed by atoms with E-state index in [0.717, 1.165) is 5.56 Å². The Labute approximate surface area is 84.7 Å². The molecule has 14 heavy (non-hydrogen) atoms. The first kappa shape index (κ1) is 10.6. The van der Waals surface area contributed by atoms with E-state index in [-0.39, 0.29) is 6.03 Å². The Bertz CT molecular complexity index is 304. The maximum absolute atomic E-state index is 11.2. The normalized spacial score (nSPS) is 9.64. The largest absolute Gasteiger partial charge is 0.334 e. The van der Waals surface area contributed by atoms with Crippen molar-refractivity contribution in [1.82, 2.24) is 10.2 Å². The van der Waals surface area contributed by atoms with E-state index in [1.807, 2.05) is 31.2 Å². The van der Waals surface area contributed by atoms with Crippen LogP contribution in [-0.4, -0.2) is 25.0 Å². The van der Waals surface area contributed by atoms with Gasteiger partial charge in [0.05, 0.1) is 0 Å². The van der Waals surface area contributed by atoms with Gasteiger partial charge in [0, 0.05) is 20.6 Å². The molecule has 0 aliphatic rings. The zero-order chi connectivity index (χ0) is 10.6. The summed E-state index contributed by atoms with van der Waals surface area (Å²) in [5, 5.41) is 2.80. The van der Waals surface area contributed by atoms with Gasteiger partial charge in [-0.3, -0.25) is 0 Å². The lowest BCUT2D eigenvalue weighted by atomic mass is 10.1. The summed E-state index contributed by atoms with van der Waals surface area (Å²) < 4.78 is 0. The number of hydrogen-bond acceptors (Lipinski definition) is 1. The predicted molar refractivity (Wildman–Crippen MR) is 57.1 cm³/mol. The molecule has 3 nitrogen and oxygen atoms in total. The second-order valence-corrected chi connectivity index (χ2v) is 3.54. The molecule has 0 heterocycles. The van der Waals surface area contributed by atoms with Crippen molar-refractivity contribution in [2.75, 3.05) is 14.1 Å². The topological polar surface area (TPSA) is 32.3 Å².